The van der Waals surface area contributed by atoms with Crippen LogP contribution in [0.15, 0.2) is 42.6 Å². The summed E-state index contributed by atoms with van der Waals surface area (Å²) in [7, 11) is 1.31. The molecule has 5 rings (SSSR count). The number of alkyl carbamates (subject to hydrolysis) is 1. The van der Waals surface area contributed by atoms with Crippen molar-refractivity contribution in [1.29, 1.82) is 0 Å². The maximum Gasteiger partial charge on any atom is 0.407 e. The third-order valence-corrected chi connectivity index (χ3v) is 9.83. The highest BCUT2D eigenvalue weighted by Gasteiger charge is 2.48. The number of carbonyl (C=O) groups is 2. The van der Waals surface area contributed by atoms with Gasteiger partial charge in [0.05, 0.1) is 25.0 Å². The van der Waals surface area contributed by atoms with Crippen molar-refractivity contribution in [1.82, 2.24) is 20.2 Å². The number of amides is 2. The number of benzene rings is 2. The van der Waals surface area contributed by atoms with E-state index >= 15 is 0 Å². The molecule has 2 N–H and O–H groups in total. The molecule has 0 bridgehead atoms. The largest absolute Gasteiger partial charge is 0.453 e. The van der Waals surface area contributed by atoms with Crippen molar-refractivity contribution in [3.63, 3.8) is 0 Å². The first-order valence-electron chi connectivity index (χ1n) is 14.6. The molecule has 40 heavy (non-hydrogen) atoms. The molecule has 2 fully saturated rings. The second kappa shape index (κ2) is 10.6. The lowest BCUT2D eigenvalue weighted by Gasteiger charge is -2.35. The summed E-state index contributed by atoms with van der Waals surface area (Å²) in [4.78, 5) is 35.4. The number of H-pyrrole nitrogens is 1. The van der Waals surface area contributed by atoms with Crippen LogP contribution in [0.5, 0.6) is 0 Å². The van der Waals surface area contributed by atoms with Crippen molar-refractivity contribution in [2.75, 3.05) is 13.7 Å². The van der Waals surface area contributed by atoms with E-state index in [2.05, 4.69) is 74.4 Å². The fourth-order valence-corrected chi connectivity index (χ4v) is 6.62. The van der Waals surface area contributed by atoms with Crippen molar-refractivity contribution >= 4 is 34.9 Å². The highest BCUT2D eigenvalue weighted by Crippen LogP contribution is 2.52. The van der Waals surface area contributed by atoms with Gasteiger partial charge in [-0.2, -0.15) is 0 Å². The molecular weight excluding hydrogens is 499 g/mol. The number of nitrogens with zero attached hydrogens (tertiary/aromatic N) is 2. The molecule has 2 amide bonds. The summed E-state index contributed by atoms with van der Waals surface area (Å²) in [6, 6.07) is 12.7. The Morgan fingerprint density at radius 3 is 2.42 bits per heavy atom. The van der Waals surface area contributed by atoms with Gasteiger partial charge in [-0.05, 0) is 46.4 Å². The van der Waals surface area contributed by atoms with Crippen molar-refractivity contribution in [2.45, 2.75) is 79.1 Å². The molecule has 2 saturated heterocycles. The van der Waals surface area contributed by atoms with Crippen LogP contribution < -0.4 is 10.8 Å². The molecule has 2 aromatic carbocycles. The first kappa shape index (κ1) is 28.3. The molecule has 2 aliphatic rings. The molecule has 0 unspecified atom stereocenters. The highest BCUT2D eigenvalue weighted by molar-refractivity contribution is 6.74. The number of hydrogen-bond acceptors (Lipinski definition) is 4. The monoisotopic (exact) mass is 542 g/mol. The molecule has 0 spiro atoms. The quantitative estimate of drug-likeness (QED) is 0.372. The standard InChI is InChI=1S/C32H43BN4O3/c1-20(2)27(36-30(39)40-7)29(38)37-14-8-9-26(37)28-34-17-25(35-28)23-11-10-22-16-24(13-12-21(22)15-23)33-18-31(3,4)32(5,6)19-33/h10-13,15-17,20,26-27H,8-9,14,18-19H2,1-7H3,(H,34,35)(H,36,39)/t26-,27-/m0/s1. The summed E-state index contributed by atoms with van der Waals surface area (Å²) in [5.41, 5.74) is 4.12. The maximum atomic E-state index is 13.5. The number of imidazole rings is 1. The van der Waals surface area contributed by atoms with Crippen LogP contribution in [0.3, 0.4) is 0 Å². The average Bonchev–Trinajstić information content (AvgIpc) is 3.63. The molecule has 212 valence electrons. The summed E-state index contributed by atoms with van der Waals surface area (Å²) in [6.45, 7) is 14.7. The summed E-state index contributed by atoms with van der Waals surface area (Å²) < 4.78 is 4.75. The molecule has 7 nitrogen and oxygen atoms in total. The highest BCUT2D eigenvalue weighted by atomic mass is 16.5. The van der Waals surface area contributed by atoms with E-state index in [9.17, 15) is 9.59 Å². The number of ether oxygens (including phenoxy) is 1. The van der Waals surface area contributed by atoms with Crippen LogP contribution in [0.4, 0.5) is 4.79 Å². The van der Waals surface area contributed by atoms with Gasteiger partial charge in [0.1, 0.15) is 11.9 Å². The van der Waals surface area contributed by atoms with Gasteiger partial charge in [-0.25, -0.2) is 9.78 Å². The molecule has 2 aliphatic heterocycles. The average molecular weight is 543 g/mol. The zero-order valence-electron chi connectivity index (χ0n) is 25.0. The lowest BCUT2D eigenvalue weighted by molar-refractivity contribution is -0.135. The summed E-state index contributed by atoms with van der Waals surface area (Å²) >= 11 is 0. The van der Waals surface area contributed by atoms with E-state index in [4.69, 9.17) is 9.72 Å². The van der Waals surface area contributed by atoms with Gasteiger partial charge in [0.2, 0.25) is 5.91 Å². The van der Waals surface area contributed by atoms with E-state index in [0.717, 1.165) is 29.9 Å². The lowest BCUT2D eigenvalue weighted by Crippen LogP contribution is -2.51. The van der Waals surface area contributed by atoms with Crippen LogP contribution >= 0.6 is 0 Å². The topological polar surface area (TPSA) is 87.3 Å². The van der Waals surface area contributed by atoms with Crippen LogP contribution in [0.1, 0.15) is 66.3 Å². The minimum Gasteiger partial charge on any atom is -0.453 e. The number of likely N-dealkylation sites (tertiary alicyclic amines) is 1. The van der Waals surface area contributed by atoms with Crippen LogP contribution in [0.25, 0.3) is 22.0 Å². The number of nitrogens with one attached hydrogen (secondary N) is 2. The third kappa shape index (κ3) is 5.25. The summed E-state index contributed by atoms with van der Waals surface area (Å²) in [5.74, 6) is 0.615. The molecule has 3 heterocycles. The normalized spacial score (nSPS) is 20.8. The second-order valence-corrected chi connectivity index (χ2v) is 13.4. The molecule has 2 atom stereocenters. The fourth-order valence-electron chi connectivity index (χ4n) is 6.62. The Morgan fingerprint density at radius 2 is 1.75 bits per heavy atom. The zero-order valence-corrected chi connectivity index (χ0v) is 25.0. The Balaban J connectivity index is 1.34. The third-order valence-electron chi connectivity index (χ3n) is 9.83. The SMILES string of the molecule is COC(=O)N[C@H](C(=O)N1CCC[C@H]1c1ncc(-c2ccc3cc(B4CC(C)(C)C(C)(C)C4)ccc3c2)[nH]1)C(C)C. The lowest BCUT2D eigenvalue weighted by atomic mass is 9.42. The van der Waals surface area contributed by atoms with Gasteiger partial charge in [0.15, 0.2) is 6.71 Å². The predicted molar refractivity (Wildman–Crippen MR) is 162 cm³/mol. The first-order chi connectivity index (χ1) is 18.9. The van der Waals surface area contributed by atoms with Gasteiger partial charge in [-0.3, -0.25) is 4.79 Å². The number of hydrogen-bond donors (Lipinski definition) is 2. The van der Waals surface area contributed by atoms with Crippen LogP contribution in [0.2, 0.25) is 12.6 Å². The molecule has 8 heteroatoms. The van der Waals surface area contributed by atoms with Gasteiger partial charge in [0, 0.05) is 12.1 Å². The maximum absolute atomic E-state index is 13.5. The predicted octanol–water partition coefficient (Wildman–Crippen LogP) is 6.04. The van der Waals surface area contributed by atoms with E-state index in [-0.39, 0.29) is 17.9 Å². The van der Waals surface area contributed by atoms with Crippen molar-refractivity contribution < 1.29 is 14.3 Å². The van der Waals surface area contributed by atoms with Crippen molar-refractivity contribution in [3.05, 3.63) is 48.4 Å². The van der Waals surface area contributed by atoms with Crippen molar-refractivity contribution in [3.8, 4) is 11.3 Å². The Hall–Kier alpha value is -3.29. The van der Waals surface area contributed by atoms with Crippen LogP contribution in [-0.2, 0) is 9.53 Å². The number of rotatable bonds is 6. The van der Waals surface area contributed by atoms with Gasteiger partial charge in [0.25, 0.3) is 0 Å². The van der Waals surface area contributed by atoms with Crippen LogP contribution in [-0.4, -0.2) is 53.3 Å². The summed E-state index contributed by atoms with van der Waals surface area (Å²) in [5, 5.41) is 5.18. The Kier molecular flexibility index (Phi) is 7.49. The Morgan fingerprint density at radius 1 is 1.07 bits per heavy atom. The molecular formula is C32H43BN4O3. The molecule has 0 radical (unpaired) electrons. The summed E-state index contributed by atoms with van der Waals surface area (Å²) in [6.07, 6.45) is 5.43. The number of methoxy groups -OCH3 is 1. The van der Waals surface area contributed by atoms with E-state index in [0.29, 0.717) is 24.1 Å². The van der Waals surface area contributed by atoms with Gasteiger partial charge >= 0.3 is 6.09 Å². The molecule has 0 aliphatic carbocycles. The van der Waals surface area contributed by atoms with Crippen LogP contribution in [0, 0.1) is 16.7 Å². The second-order valence-electron chi connectivity index (χ2n) is 13.4. The van der Waals surface area contributed by atoms with Gasteiger partial charge < -0.3 is 19.9 Å². The minimum atomic E-state index is -0.644. The smallest absolute Gasteiger partial charge is 0.407 e. The number of aromatic nitrogens is 2. The Labute approximate surface area is 238 Å². The number of fused-ring (bicyclic) bond motifs is 1. The van der Waals surface area contributed by atoms with E-state index in [1.165, 1.54) is 36.0 Å². The van der Waals surface area contributed by atoms with E-state index in [1.807, 2.05) is 24.9 Å². The van der Waals surface area contributed by atoms with E-state index in [1.54, 1.807) is 0 Å². The minimum absolute atomic E-state index is 0.0650. The van der Waals surface area contributed by atoms with Gasteiger partial charge in [-0.1, -0.05) is 90.0 Å². The Bertz CT molecular complexity index is 1400. The zero-order chi connectivity index (χ0) is 28.8. The van der Waals surface area contributed by atoms with E-state index < -0.39 is 12.1 Å². The number of aromatic amines is 1. The molecule has 0 saturated carbocycles. The van der Waals surface area contributed by atoms with Crippen molar-refractivity contribution in [2.24, 2.45) is 16.7 Å². The van der Waals surface area contributed by atoms with Gasteiger partial charge in [-0.15, -0.1) is 0 Å². The first-order valence-corrected chi connectivity index (χ1v) is 14.6. The fraction of sp³-hybridized carbons (Fsp3) is 0.531. The molecule has 3 aromatic rings. The number of carbonyl (C=O) groups excluding carboxylic acids is 2. The molecule has 1 aromatic heterocycles.